The van der Waals surface area contributed by atoms with Crippen molar-refractivity contribution in [3.63, 3.8) is 0 Å². The largest absolute Gasteiger partial charge is 0.495 e. The van der Waals surface area contributed by atoms with Crippen LogP contribution >= 0.6 is 11.6 Å². The van der Waals surface area contributed by atoms with E-state index in [0.717, 1.165) is 30.8 Å². The number of ether oxygens (including phenoxy) is 1. The van der Waals surface area contributed by atoms with Gasteiger partial charge in [0.2, 0.25) is 10.0 Å². The Bertz CT molecular complexity index is 842. The molecule has 2 aromatic carbocycles. The number of sulfonamides is 1. The number of hydrogen-bond donors (Lipinski definition) is 1. The van der Waals surface area contributed by atoms with Crippen molar-refractivity contribution in [1.82, 2.24) is 4.72 Å². The molecule has 25 heavy (non-hydrogen) atoms. The summed E-state index contributed by atoms with van der Waals surface area (Å²) in [6.45, 7) is 1.45. The summed E-state index contributed by atoms with van der Waals surface area (Å²) in [5.74, 6) is 0.789. The zero-order chi connectivity index (χ0) is 17.9. The van der Waals surface area contributed by atoms with Gasteiger partial charge in [-0.2, -0.15) is 0 Å². The summed E-state index contributed by atoms with van der Waals surface area (Å²) in [7, 11) is -2.01. The molecule has 0 saturated carbocycles. The van der Waals surface area contributed by atoms with Crippen molar-refractivity contribution in [3.05, 3.63) is 53.6 Å². The van der Waals surface area contributed by atoms with Gasteiger partial charge < -0.3 is 9.64 Å². The molecule has 1 aliphatic rings. The minimum atomic E-state index is -3.65. The minimum absolute atomic E-state index is 0.117. The van der Waals surface area contributed by atoms with E-state index in [4.69, 9.17) is 16.3 Å². The summed E-state index contributed by atoms with van der Waals surface area (Å²) >= 11 is 6.04. The van der Waals surface area contributed by atoms with Crippen LogP contribution in [-0.2, 0) is 10.0 Å². The van der Waals surface area contributed by atoms with E-state index in [1.807, 2.05) is 24.3 Å². The first-order valence-electron chi connectivity index (χ1n) is 8.16. The van der Waals surface area contributed by atoms with E-state index in [-0.39, 0.29) is 16.0 Å². The second-order valence-corrected chi connectivity index (χ2v) is 8.10. The first-order valence-corrected chi connectivity index (χ1v) is 10.0. The predicted molar refractivity (Wildman–Crippen MR) is 100 cm³/mol. The molecule has 1 unspecified atom stereocenters. The van der Waals surface area contributed by atoms with E-state index in [1.54, 1.807) is 25.3 Å². The van der Waals surface area contributed by atoms with E-state index >= 15 is 0 Å². The molecule has 1 atom stereocenters. The Balaban J connectivity index is 1.77. The second-order valence-electron chi connectivity index (χ2n) is 6.01. The van der Waals surface area contributed by atoms with Crippen molar-refractivity contribution in [2.45, 2.75) is 23.8 Å². The van der Waals surface area contributed by atoms with Gasteiger partial charge in [-0.15, -0.1) is 0 Å². The Morgan fingerprint density at radius 2 is 1.88 bits per heavy atom. The molecular formula is C18H21ClN2O3S. The van der Waals surface area contributed by atoms with E-state index in [9.17, 15) is 8.42 Å². The lowest BCUT2D eigenvalue weighted by Gasteiger charge is -2.35. The Morgan fingerprint density at radius 1 is 1.16 bits per heavy atom. The van der Waals surface area contributed by atoms with Crippen LogP contribution in [0.15, 0.2) is 53.4 Å². The molecule has 1 heterocycles. The fourth-order valence-electron chi connectivity index (χ4n) is 3.13. The summed E-state index contributed by atoms with van der Waals surface area (Å²) in [6, 6.07) is 14.1. The SMILES string of the molecule is COc1ccccc1N1CCCC(NS(=O)(=O)c2ccccc2Cl)C1. The highest BCUT2D eigenvalue weighted by Crippen LogP contribution is 2.30. The number of nitrogens with zero attached hydrogens (tertiary/aromatic N) is 1. The molecule has 0 aliphatic carbocycles. The summed E-state index contributed by atoms with van der Waals surface area (Å²) in [5.41, 5.74) is 0.978. The van der Waals surface area contributed by atoms with Crippen LogP contribution in [0.25, 0.3) is 0 Å². The molecular weight excluding hydrogens is 360 g/mol. The maximum atomic E-state index is 12.6. The normalized spacial score (nSPS) is 18.2. The highest BCUT2D eigenvalue weighted by Gasteiger charge is 2.27. The molecule has 0 radical (unpaired) electrons. The highest BCUT2D eigenvalue weighted by molar-refractivity contribution is 7.89. The number of piperidine rings is 1. The maximum absolute atomic E-state index is 12.6. The zero-order valence-electron chi connectivity index (χ0n) is 14.0. The van der Waals surface area contributed by atoms with Gasteiger partial charge in [0.15, 0.2) is 0 Å². The van der Waals surface area contributed by atoms with Gasteiger partial charge in [0, 0.05) is 19.1 Å². The monoisotopic (exact) mass is 380 g/mol. The third kappa shape index (κ3) is 4.08. The topological polar surface area (TPSA) is 58.6 Å². The Kier molecular flexibility index (Phi) is 5.51. The number of para-hydroxylation sites is 2. The molecule has 1 N–H and O–H groups in total. The van der Waals surface area contributed by atoms with Crippen LogP contribution in [0.3, 0.4) is 0 Å². The van der Waals surface area contributed by atoms with Crippen LogP contribution in [0.1, 0.15) is 12.8 Å². The lowest BCUT2D eigenvalue weighted by atomic mass is 10.1. The van der Waals surface area contributed by atoms with Crippen LogP contribution in [0.5, 0.6) is 5.75 Å². The van der Waals surface area contributed by atoms with Crippen LogP contribution in [0, 0.1) is 0 Å². The van der Waals surface area contributed by atoms with Gasteiger partial charge in [-0.1, -0.05) is 35.9 Å². The molecule has 1 aliphatic heterocycles. The van der Waals surface area contributed by atoms with Crippen molar-refractivity contribution < 1.29 is 13.2 Å². The van der Waals surface area contributed by atoms with Gasteiger partial charge >= 0.3 is 0 Å². The number of nitrogens with one attached hydrogen (secondary N) is 1. The number of anilines is 1. The smallest absolute Gasteiger partial charge is 0.242 e. The highest BCUT2D eigenvalue weighted by atomic mass is 35.5. The quantitative estimate of drug-likeness (QED) is 0.864. The van der Waals surface area contributed by atoms with Crippen molar-refractivity contribution in [3.8, 4) is 5.75 Å². The molecule has 5 nitrogen and oxygen atoms in total. The first-order chi connectivity index (χ1) is 12.0. The number of rotatable bonds is 5. The summed E-state index contributed by atoms with van der Waals surface area (Å²) in [6.07, 6.45) is 1.68. The first kappa shape index (κ1) is 18.0. The van der Waals surface area contributed by atoms with Gasteiger partial charge in [0.1, 0.15) is 10.6 Å². The standard InChI is InChI=1S/C18H21ClN2O3S/c1-24-17-10-4-3-9-16(17)21-12-6-7-14(13-21)20-25(22,23)18-11-5-2-8-15(18)19/h2-5,8-11,14,20H,6-7,12-13H2,1H3. The van der Waals surface area contributed by atoms with E-state index < -0.39 is 10.0 Å². The molecule has 1 saturated heterocycles. The Morgan fingerprint density at radius 3 is 2.64 bits per heavy atom. The summed E-state index contributed by atoms with van der Waals surface area (Å²) < 4.78 is 33.5. The second kappa shape index (κ2) is 7.64. The van der Waals surface area contributed by atoms with E-state index in [1.165, 1.54) is 6.07 Å². The van der Waals surface area contributed by atoms with Crippen molar-refractivity contribution in [2.24, 2.45) is 0 Å². The Hall–Kier alpha value is -1.76. The molecule has 7 heteroatoms. The van der Waals surface area contributed by atoms with Crippen molar-refractivity contribution in [2.75, 3.05) is 25.1 Å². The average molecular weight is 381 g/mol. The number of benzene rings is 2. The van der Waals surface area contributed by atoms with Gasteiger partial charge in [-0.3, -0.25) is 0 Å². The number of methoxy groups -OCH3 is 1. The third-order valence-corrected chi connectivity index (χ3v) is 6.32. The minimum Gasteiger partial charge on any atom is -0.495 e. The lowest BCUT2D eigenvalue weighted by molar-refractivity contribution is 0.409. The van der Waals surface area contributed by atoms with E-state index in [2.05, 4.69) is 9.62 Å². The Labute approximate surface area is 153 Å². The third-order valence-electron chi connectivity index (χ3n) is 4.30. The zero-order valence-corrected chi connectivity index (χ0v) is 15.6. The summed E-state index contributed by atoms with van der Waals surface area (Å²) in [4.78, 5) is 2.27. The molecule has 3 rings (SSSR count). The van der Waals surface area contributed by atoms with Gasteiger partial charge in [0.05, 0.1) is 17.8 Å². The van der Waals surface area contributed by atoms with Crippen LogP contribution < -0.4 is 14.4 Å². The maximum Gasteiger partial charge on any atom is 0.242 e. The number of hydrogen-bond acceptors (Lipinski definition) is 4. The molecule has 0 bridgehead atoms. The molecule has 0 aromatic heterocycles. The molecule has 1 fully saturated rings. The predicted octanol–water partition coefficient (Wildman–Crippen LogP) is 3.30. The van der Waals surface area contributed by atoms with Crippen LogP contribution in [0.4, 0.5) is 5.69 Å². The number of halogens is 1. The van der Waals surface area contributed by atoms with Crippen LogP contribution in [-0.4, -0.2) is 34.7 Å². The van der Waals surface area contributed by atoms with E-state index in [0.29, 0.717) is 6.54 Å². The molecule has 0 amide bonds. The molecule has 0 spiro atoms. The lowest BCUT2D eigenvalue weighted by Crippen LogP contribution is -2.47. The van der Waals surface area contributed by atoms with Crippen molar-refractivity contribution in [1.29, 1.82) is 0 Å². The average Bonchev–Trinajstić information content (AvgIpc) is 2.61. The van der Waals surface area contributed by atoms with Crippen LogP contribution in [0.2, 0.25) is 5.02 Å². The van der Waals surface area contributed by atoms with Gasteiger partial charge in [-0.05, 0) is 37.1 Å². The van der Waals surface area contributed by atoms with Gasteiger partial charge in [-0.25, -0.2) is 13.1 Å². The fraction of sp³-hybridized carbons (Fsp3) is 0.333. The molecule has 2 aromatic rings. The fourth-order valence-corrected chi connectivity index (χ4v) is 4.91. The van der Waals surface area contributed by atoms with Crippen molar-refractivity contribution >= 4 is 27.3 Å². The molecule has 134 valence electrons. The van der Waals surface area contributed by atoms with Gasteiger partial charge in [0.25, 0.3) is 0 Å². The summed E-state index contributed by atoms with van der Waals surface area (Å²) in [5, 5.41) is 0.229.